The van der Waals surface area contributed by atoms with E-state index in [0.29, 0.717) is 12.6 Å². The molecule has 1 unspecified atom stereocenters. The molecule has 0 bridgehead atoms. The second-order valence-electron chi connectivity index (χ2n) is 7.89. The third-order valence-corrected chi connectivity index (χ3v) is 5.89. The van der Waals surface area contributed by atoms with Crippen LogP contribution in [0, 0.1) is 6.92 Å². The molecule has 6 nitrogen and oxygen atoms in total. The summed E-state index contributed by atoms with van der Waals surface area (Å²) in [5.41, 5.74) is 3.18. The van der Waals surface area contributed by atoms with E-state index in [0.717, 1.165) is 36.4 Å². The van der Waals surface area contributed by atoms with Crippen LogP contribution in [0.3, 0.4) is 0 Å². The first-order valence-corrected chi connectivity index (χ1v) is 10.5. The second kappa shape index (κ2) is 8.30. The van der Waals surface area contributed by atoms with E-state index in [1.807, 2.05) is 12.1 Å². The largest absolute Gasteiger partial charge is 0.357 e. The van der Waals surface area contributed by atoms with Crippen LogP contribution < -0.4 is 10.6 Å². The van der Waals surface area contributed by atoms with Gasteiger partial charge in [-0.05, 0) is 45.2 Å². The summed E-state index contributed by atoms with van der Waals surface area (Å²) in [6.07, 6.45) is 8.87. The van der Waals surface area contributed by atoms with Gasteiger partial charge in [0.05, 0.1) is 12.2 Å². The van der Waals surface area contributed by atoms with Gasteiger partial charge in [0, 0.05) is 43.6 Å². The van der Waals surface area contributed by atoms with Gasteiger partial charge in [-0.1, -0.05) is 18.9 Å². The molecule has 0 spiro atoms. The van der Waals surface area contributed by atoms with Crippen molar-refractivity contribution >= 4 is 11.6 Å². The Hall–Kier alpha value is -2.08. The number of aliphatic imine (C=N–C) groups is 1. The van der Waals surface area contributed by atoms with Crippen molar-refractivity contribution in [2.24, 2.45) is 4.99 Å². The summed E-state index contributed by atoms with van der Waals surface area (Å²) in [5, 5.41) is 7.04. The van der Waals surface area contributed by atoms with Crippen LogP contribution in [0.4, 0.5) is 0 Å². The molecule has 0 radical (unpaired) electrons. The number of pyridine rings is 1. The van der Waals surface area contributed by atoms with Crippen molar-refractivity contribution < 1.29 is 0 Å². The number of nitrogens with zero attached hydrogens (tertiary/aromatic N) is 4. The number of hydrogen-bond acceptors (Lipinski definition) is 3. The van der Waals surface area contributed by atoms with E-state index >= 15 is 0 Å². The molecule has 2 aromatic rings. The number of hydrogen-bond donors (Lipinski definition) is 2. The average Bonchev–Trinajstić information content (AvgIpc) is 3.40. The predicted molar refractivity (Wildman–Crippen MR) is 110 cm³/mol. The van der Waals surface area contributed by atoms with Crippen LogP contribution in [-0.2, 0) is 6.54 Å². The van der Waals surface area contributed by atoms with Gasteiger partial charge in [0.15, 0.2) is 5.96 Å². The van der Waals surface area contributed by atoms with E-state index in [2.05, 4.69) is 46.0 Å². The molecule has 6 heteroatoms. The fourth-order valence-electron chi connectivity index (χ4n) is 4.45. The molecule has 2 aromatic heterocycles. The molecule has 1 atom stereocenters. The van der Waals surface area contributed by atoms with Crippen LogP contribution in [-0.4, -0.2) is 52.0 Å². The van der Waals surface area contributed by atoms with Crippen molar-refractivity contribution in [3.05, 3.63) is 35.8 Å². The number of likely N-dealkylation sites (tertiary alicyclic amines) is 1. The van der Waals surface area contributed by atoms with Crippen LogP contribution in [0.25, 0.3) is 5.65 Å². The number of guanidine groups is 1. The summed E-state index contributed by atoms with van der Waals surface area (Å²) in [5.74, 6) is 0.907. The van der Waals surface area contributed by atoms with Crippen molar-refractivity contribution in [2.45, 2.75) is 64.6 Å². The standard InChI is InChI=1S/C21H32N6/c1-3-22-21(25-17-11-12-26(14-17)19-8-4-5-9-19)23-13-18-15-27-16(2)7-6-10-20(27)24-18/h6-7,10,15,17,19H,3-5,8-9,11-14H2,1-2H3,(H2,22,23,25). The van der Waals surface area contributed by atoms with E-state index in [1.54, 1.807) is 0 Å². The Kier molecular flexibility index (Phi) is 5.62. The molecule has 0 aromatic carbocycles. The highest BCUT2D eigenvalue weighted by atomic mass is 15.3. The van der Waals surface area contributed by atoms with E-state index in [4.69, 9.17) is 9.98 Å². The summed E-state index contributed by atoms with van der Waals surface area (Å²) < 4.78 is 2.13. The van der Waals surface area contributed by atoms with E-state index in [-0.39, 0.29) is 0 Å². The molecule has 1 saturated carbocycles. The maximum atomic E-state index is 4.79. The summed E-state index contributed by atoms with van der Waals surface area (Å²) in [6.45, 7) is 8.04. The van der Waals surface area contributed by atoms with Gasteiger partial charge in [-0.25, -0.2) is 9.98 Å². The van der Waals surface area contributed by atoms with Gasteiger partial charge < -0.3 is 15.0 Å². The molecular formula is C21H32N6. The maximum Gasteiger partial charge on any atom is 0.191 e. The van der Waals surface area contributed by atoms with Gasteiger partial charge in [-0.3, -0.25) is 4.90 Å². The fraction of sp³-hybridized carbons (Fsp3) is 0.619. The lowest BCUT2D eigenvalue weighted by atomic mass is 10.2. The molecule has 4 rings (SSSR count). The van der Waals surface area contributed by atoms with Crippen LogP contribution in [0.5, 0.6) is 0 Å². The topological polar surface area (TPSA) is 57.0 Å². The monoisotopic (exact) mass is 368 g/mol. The van der Waals surface area contributed by atoms with E-state index in [1.165, 1.54) is 44.3 Å². The molecule has 1 aliphatic carbocycles. The molecule has 146 valence electrons. The molecule has 2 aliphatic rings. The number of aryl methyl sites for hydroxylation is 1. The molecule has 1 saturated heterocycles. The predicted octanol–water partition coefficient (Wildman–Crippen LogP) is 2.71. The van der Waals surface area contributed by atoms with Gasteiger partial charge in [0.1, 0.15) is 5.65 Å². The van der Waals surface area contributed by atoms with Crippen LogP contribution in [0.2, 0.25) is 0 Å². The number of rotatable bonds is 5. The lowest BCUT2D eigenvalue weighted by Crippen LogP contribution is -2.45. The van der Waals surface area contributed by atoms with Crippen molar-refractivity contribution in [3.8, 4) is 0 Å². The zero-order chi connectivity index (χ0) is 18.6. The van der Waals surface area contributed by atoms with Gasteiger partial charge >= 0.3 is 0 Å². The Bertz CT molecular complexity index is 789. The smallest absolute Gasteiger partial charge is 0.191 e. The van der Waals surface area contributed by atoms with Crippen molar-refractivity contribution in [1.82, 2.24) is 24.9 Å². The van der Waals surface area contributed by atoms with Gasteiger partial charge in [0.25, 0.3) is 0 Å². The first-order chi connectivity index (χ1) is 13.2. The summed E-state index contributed by atoms with van der Waals surface area (Å²) in [4.78, 5) is 12.2. The van der Waals surface area contributed by atoms with E-state index < -0.39 is 0 Å². The highest BCUT2D eigenvalue weighted by Gasteiger charge is 2.30. The van der Waals surface area contributed by atoms with Crippen LogP contribution in [0.1, 0.15) is 50.4 Å². The molecule has 3 heterocycles. The first kappa shape index (κ1) is 18.3. The molecule has 0 amide bonds. The minimum Gasteiger partial charge on any atom is -0.357 e. The van der Waals surface area contributed by atoms with Crippen molar-refractivity contribution in [3.63, 3.8) is 0 Å². The molecule has 2 fully saturated rings. The van der Waals surface area contributed by atoms with Crippen molar-refractivity contribution in [2.75, 3.05) is 19.6 Å². The lowest BCUT2D eigenvalue weighted by Gasteiger charge is -2.24. The first-order valence-electron chi connectivity index (χ1n) is 10.5. The summed E-state index contributed by atoms with van der Waals surface area (Å²) in [6, 6.07) is 7.50. The highest BCUT2D eigenvalue weighted by molar-refractivity contribution is 5.80. The molecule has 1 aliphatic heterocycles. The second-order valence-corrected chi connectivity index (χ2v) is 7.89. The molecule has 27 heavy (non-hydrogen) atoms. The molecular weight excluding hydrogens is 336 g/mol. The number of aromatic nitrogens is 2. The van der Waals surface area contributed by atoms with Crippen LogP contribution >= 0.6 is 0 Å². The number of nitrogens with one attached hydrogen (secondary N) is 2. The lowest BCUT2D eigenvalue weighted by molar-refractivity contribution is 0.242. The van der Waals surface area contributed by atoms with Crippen LogP contribution in [0.15, 0.2) is 29.4 Å². The Morgan fingerprint density at radius 3 is 2.89 bits per heavy atom. The van der Waals surface area contributed by atoms with Crippen molar-refractivity contribution in [1.29, 1.82) is 0 Å². The number of fused-ring (bicyclic) bond motifs is 1. The zero-order valence-electron chi connectivity index (χ0n) is 16.6. The van der Waals surface area contributed by atoms with Gasteiger partial charge in [0.2, 0.25) is 0 Å². The van der Waals surface area contributed by atoms with E-state index in [9.17, 15) is 0 Å². The normalized spacial score (nSPS) is 22.0. The summed E-state index contributed by atoms with van der Waals surface area (Å²) in [7, 11) is 0. The third-order valence-electron chi connectivity index (χ3n) is 5.89. The minimum atomic E-state index is 0.492. The van der Waals surface area contributed by atoms with Gasteiger partial charge in [-0.2, -0.15) is 0 Å². The summed E-state index contributed by atoms with van der Waals surface area (Å²) >= 11 is 0. The Morgan fingerprint density at radius 1 is 1.26 bits per heavy atom. The zero-order valence-corrected chi connectivity index (χ0v) is 16.6. The Balaban J connectivity index is 1.38. The third kappa shape index (κ3) is 4.26. The number of imidazole rings is 1. The maximum absolute atomic E-state index is 4.79. The molecule has 2 N–H and O–H groups in total. The van der Waals surface area contributed by atoms with Gasteiger partial charge in [-0.15, -0.1) is 0 Å². The quantitative estimate of drug-likeness (QED) is 0.629. The minimum absolute atomic E-state index is 0.492. The SMILES string of the molecule is CCNC(=NCc1cn2c(C)cccc2n1)NC1CCN(C2CCCC2)C1. The Labute approximate surface area is 162 Å². The fourth-order valence-corrected chi connectivity index (χ4v) is 4.45. The Morgan fingerprint density at radius 2 is 2.11 bits per heavy atom. The average molecular weight is 369 g/mol. The highest BCUT2D eigenvalue weighted by Crippen LogP contribution is 2.26.